The molecule has 0 aromatic carbocycles. The van der Waals surface area contributed by atoms with Gasteiger partial charge in [-0.05, 0) is 44.7 Å². The molecule has 1 amide bonds. The van der Waals surface area contributed by atoms with E-state index in [0.29, 0.717) is 11.5 Å². The first-order valence-corrected chi connectivity index (χ1v) is 8.47. The van der Waals surface area contributed by atoms with Crippen LogP contribution < -0.4 is 5.32 Å². The number of pyridine rings is 1. The van der Waals surface area contributed by atoms with Crippen LogP contribution in [0.4, 0.5) is 0 Å². The molecule has 2 aromatic rings. The molecule has 24 heavy (non-hydrogen) atoms. The Balaban J connectivity index is 1.65. The highest BCUT2D eigenvalue weighted by Gasteiger charge is 2.20. The van der Waals surface area contributed by atoms with Gasteiger partial charge in [0, 0.05) is 31.6 Å². The van der Waals surface area contributed by atoms with E-state index in [1.165, 1.54) is 0 Å². The van der Waals surface area contributed by atoms with Crippen molar-refractivity contribution in [2.75, 3.05) is 13.2 Å². The van der Waals surface area contributed by atoms with Crippen molar-refractivity contribution in [2.24, 2.45) is 5.92 Å². The molecule has 0 unspecified atom stereocenters. The highest BCUT2D eigenvalue weighted by molar-refractivity contribution is 5.95. The van der Waals surface area contributed by atoms with Gasteiger partial charge in [0.2, 0.25) is 0 Å². The zero-order valence-electron chi connectivity index (χ0n) is 14.2. The van der Waals surface area contributed by atoms with E-state index in [1.807, 2.05) is 36.7 Å². The Hall–Kier alpha value is -2.21. The van der Waals surface area contributed by atoms with E-state index in [-0.39, 0.29) is 11.9 Å². The van der Waals surface area contributed by atoms with Gasteiger partial charge in [-0.2, -0.15) is 5.10 Å². The quantitative estimate of drug-likeness (QED) is 0.915. The Morgan fingerprint density at radius 2 is 2.21 bits per heavy atom. The number of aromatic nitrogens is 3. The predicted molar refractivity (Wildman–Crippen MR) is 90.6 cm³/mol. The van der Waals surface area contributed by atoms with E-state index in [2.05, 4.69) is 15.4 Å². The smallest absolute Gasteiger partial charge is 0.255 e. The number of carbonyl (C=O) groups is 1. The van der Waals surface area contributed by atoms with E-state index in [4.69, 9.17) is 4.74 Å². The molecular formula is C18H24N4O2. The molecule has 1 aliphatic rings. The first kappa shape index (κ1) is 16.6. The molecule has 0 saturated carbocycles. The van der Waals surface area contributed by atoms with Crippen LogP contribution in [0.1, 0.15) is 47.6 Å². The van der Waals surface area contributed by atoms with Crippen molar-refractivity contribution < 1.29 is 9.53 Å². The third kappa shape index (κ3) is 3.82. The maximum absolute atomic E-state index is 12.5. The van der Waals surface area contributed by atoms with E-state index < -0.39 is 0 Å². The van der Waals surface area contributed by atoms with Gasteiger partial charge in [-0.3, -0.25) is 14.5 Å². The normalized spacial score (nSPS) is 16.8. The standard InChI is InChI=1S/C18H24N4O2/c1-13(17-5-3-4-8-19-17)21-18(23)16-11-20-22(14(16)2)12-15-6-9-24-10-7-15/h3-5,8,11,13,15H,6-7,9-10,12H2,1-2H3,(H,21,23)/t13-/m1/s1. The largest absolute Gasteiger partial charge is 0.381 e. The monoisotopic (exact) mass is 328 g/mol. The molecule has 1 N–H and O–H groups in total. The molecule has 0 spiro atoms. The van der Waals surface area contributed by atoms with Crippen molar-refractivity contribution in [2.45, 2.75) is 39.3 Å². The molecule has 128 valence electrons. The zero-order chi connectivity index (χ0) is 16.9. The SMILES string of the molecule is Cc1c(C(=O)N[C@H](C)c2ccccn2)cnn1CC1CCOCC1. The molecule has 0 radical (unpaired) electrons. The molecule has 6 heteroatoms. The van der Waals surface area contributed by atoms with Crippen LogP contribution in [0.3, 0.4) is 0 Å². The minimum Gasteiger partial charge on any atom is -0.381 e. The van der Waals surface area contributed by atoms with Crippen LogP contribution >= 0.6 is 0 Å². The van der Waals surface area contributed by atoms with Gasteiger partial charge in [0.15, 0.2) is 0 Å². The lowest BCUT2D eigenvalue weighted by Gasteiger charge is -2.22. The van der Waals surface area contributed by atoms with Crippen molar-refractivity contribution >= 4 is 5.91 Å². The summed E-state index contributed by atoms with van der Waals surface area (Å²) in [4.78, 5) is 16.8. The van der Waals surface area contributed by atoms with Crippen LogP contribution in [0.15, 0.2) is 30.6 Å². The molecule has 0 bridgehead atoms. The van der Waals surface area contributed by atoms with Crippen LogP contribution in [-0.4, -0.2) is 33.9 Å². The molecule has 2 aromatic heterocycles. The summed E-state index contributed by atoms with van der Waals surface area (Å²) in [7, 11) is 0. The summed E-state index contributed by atoms with van der Waals surface area (Å²) >= 11 is 0. The minimum atomic E-state index is -0.142. The van der Waals surface area contributed by atoms with E-state index in [1.54, 1.807) is 12.4 Å². The maximum Gasteiger partial charge on any atom is 0.255 e. The molecule has 1 saturated heterocycles. The van der Waals surface area contributed by atoms with Gasteiger partial charge in [-0.25, -0.2) is 0 Å². The second kappa shape index (κ2) is 7.57. The average Bonchev–Trinajstić information content (AvgIpc) is 2.97. The molecule has 6 nitrogen and oxygen atoms in total. The first-order chi connectivity index (χ1) is 11.6. The minimum absolute atomic E-state index is 0.108. The van der Waals surface area contributed by atoms with E-state index in [9.17, 15) is 4.79 Å². The summed E-state index contributed by atoms with van der Waals surface area (Å²) < 4.78 is 7.34. The average molecular weight is 328 g/mol. The first-order valence-electron chi connectivity index (χ1n) is 8.47. The van der Waals surface area contributed by atoms with Crippen molar-refractivity contribution in [1.82, 2.24) is 20.1 Å². The second-order valence-electron chi connectivity index (χ2n) is 6.33. The van der Waals surface area contributed by atoms with Crippen molar-refractivity contribution in [3.05, 3.63) is 47.5 Å². The topological polar surface area (TPSA) is 69.0 Å². The van der Waals surface area contributed by atoms with Gasteiger partial charge in [-0.15, -0.1) is 0 Å². The molecule has 1 aliphatic heterocycles. The van der Waals surface area contributed by atoms with Crippen LogP contribution in [0.25, 0.3) is 0 Å². The maximum atomic E-state index is 12.5. The van der Waals surface area contributed by atoms with Crippen LogP contribution in [-0.2, 0) is 11.3 Å². The van der Waals surface area contributed by atoms with Gasteiger partial charge in [0.25, 0.3) is 5.91 Å². The van der Waals surface area contributed by atoms with Crippen LogP contribution in [0.2, 0.25) is 0 Å². The number of amides is 1. The van der Waals surface area contributed by atoms with Gasteiger partial charge < -0.3 is 10.1 Å². The van der Waals surface area contributed by atoms with Crippen molar-refractivity contribution in [1.29, 1.82) is 0 Å². The second-order valence-corrected chi connectivity index (χ2v) is 6.33. The summed E-state index contributed by atoms with van der Waals surface area (Å²) in [6.45, 7) is 6.37. The molecule has 3 heterocycles. The van der Waals surface area contributed by atoms with Gasteiger partial charge in [0.05, 0.1) is 23.5 Å². The van der Waals surface area contributed by atoms with Gasteiger partial charge >= 0.3 is 0 Å². The molecular weight excluding hydrogens is 304 g/mol. The lowest BCUT2D eigenvalue weighted by molar-refractivity contribution is 0.0599. The van der Waals surface area contributed by atoms with Crippen molar-refractivity contribution in [3.63, 3.8) is 0 Å². The number of hydrogen-bond donors (Lipinski definition) is 1. The number of nitrogens with zero attached hydrogens (tertiary/aromatic N) is 3. The highest BCUT2D eigenvalue weighted by atomic mass is 16.5. The Bertz CT molecular complexity index is 678. The molecule has 1 atom stereocenters. The number of carbonyl (C=O) groups excluding carboxylic acids is 1. The van der Waals surface area contributed by atoms with Crippen LogP contribution in [0, 0.1) is 12.8 Å². The Morgan fingerprint density at radius 3 is 2.92 bits per heavy atom. The molecule has 1 fully saturated rings. The molecule has 0 aliphatic carbocycles. The highest BCUT2D eigenvalue weighted by Crippen LogP contribution is 2.19. The van der Waals surface area contributed by atoms with E-state index in [0.717, 1.165) is 44.0 Å². The third-order valence-corrected chi connectivity index (χ3v) is 4.60. The lowest BCUT2D eigenvalue weighted by Crippen LogP contribution is -2.27. The number of nitrogens with one attached hydrogen (secondary N) is 1. The Kier molecular flexibility index (Phi) is 5.25. The fraction of sp³-hybridized carbons (Fsp3) is 0.500. The summed E-state index contributed by atoms with van der Waals surface area (Å²) in [6, 6.07) is 5.55. The Morgan fingerprint density at radius 1 is 1.42 bits per heavy atom. The molecule has 3 rings (SSSR count). The fourth-order valence-electron chi connectivity index (χ4n) is 3.01. The van der Waals surface area contributed by atoms with Crippen LogP contribution in [0.5, 0.6) is 0 Å². The summed E-state index contributed by atoms with van der Waals surface area (Å²) in [5.41, 5.74) is 2.38. The lowest BCUT2D eigenvalue weighted by atomic mass is 10.0. The predicted octanol–water partition coefficient (Wildman–Crippen LogP) is 2.50. The Labute approximate surface area is 142 Å². The van der Waals surface area contributed by atoms with E-state index >= 15 is 0 Å². The van der Waals surface area contributed by atoms with Gasteiger partial charge in [-0.1, -0.05) is 6.07 Å². The summed E-state index contributed by atoms with van der Waals surface area (Å²) in [5, 5.41) is 7.41. The number of rotatable bonds is 5. The van der Waals surface area contributed by atoms with Gasteiger partial charge in [0.1, 0.15) is 0 Å². The summed E-state index contributed by atoms with van der Waals surface area (Å²) in [5.74, 6) is 0.463. The number of ether oxygens (including phenoxy) is 1. The fourth-order valence-corrected chi connectivity index (χ4v) is 3.01. The van der Waals surface area contributed by atoms with Crippen molar-refractivity contribution in [3.8, 4) is 0 Å². The zero-order valence-corrected chi connectivity index (χ0v) is 14.2. The summed E-state index contributed by atoms with van der Waals surface area (Å²) in [6.07, 6.45) is 5.50. The number of hydrogen-bond acceptors (Lipinski definition) is 4. The third-order valence-electron chi connectivity index (χ3n) is 4.60.